The fraction of sp³-hybridized carbons (Fsp3) is 0.278. The zero-order chi connectivity index (χ0) is 14.9. The summed E-state index contributed by atoms with van der Waals surface area (Å²) in [5.74, 6) is 0. The molecule has 3 aromatic rings. The first kappa shape index (κ1) is 13.7. The zero-order valence-electron chi connectivity index (χ0n) is 12.6. The van der Waals surface area contributed by atoms with Crippen molar-refractivity contribution in [3.63, 3.8) is 0 Å². The molecule has 1 N–H and O–H groups in total. The predicted octanol–water partition coefficient (Wildman–Crippen LogP) is 3.93. The van der Waals surface area contributed by atoms with Gasteiger partial charge in [-0.05, 0) is 29.5 Å². The van der Waals surface area contributed by atoms with Crippen molar-refractivity contribution in [1.82, 2.24) is 14.9 Å². The van der Waals surface area contributed by atoms with Crippen LogP contribution in [0.1, 0.15) is 33.4 Å². The Morgan fingerprint density at radius 3 is 3.00 bits per heavy atom. The van der Waals surface area contributed by atoms with E-state index in [4.69, 9.17) is 0 Å². The number of benzene rings is 1. The lowest BCUT2D eigenvalue weighted by Crippen LogP contribution is -2.35. The monoisotopic (exact) mass is 309 g/mol. The van der Waals surface area contributed by atoms with Crippen molar-refractivity contribution in [1.29, 1.82) is 0 Å². The lowest BCUT2D eigenvalue weighted by atomic mass is 9.99. The highest BCUT2D eigenvalue weighted by Crippen LogP contribution is 2.36. The van der Waals surface area contributed by atoms with Crippen molar-refractivity contribution >= 4 is 11.3 Å². The van der Waals surface area contributed by atoms with Crippen LogP contribution < -0.4 is 0 Å². The van der Waals surface area contributed by atoms with Crippen LogP contribution in [0.25, 0.3) is 0 Å². The van der Waals surface area contributed by atoms with Gasteiger partial charge in [0.15, 0.2) is 0 Å². The molecule has 0 spiro atoms. The Kier molecular flexibility index (Phi) is 3.56. The number of hydrogen-bond donors (Lipinski definition) is 1. The van der Waals surface area contributed by atoms with Crippen LogP contribution in [0.15, 0.2) is 48.1 Å². The van der Waals surface area contributed by atoms with Gasteiger partial charge in [-0.1, -0.05) is 30.3 Å². The molecule has 0 saturated carbocycles. The molecule has 2 aromatic heterocycles. The standard InChI is InChI=1S/C18H19N3S/c1-13-5-2-3-6-14(13)11-21-9-8-15-17(20-12-19-15)18(21)16-7-4-10-22-16/h2-7,10,12,18H,8-9,11H2,1H3,(H,19,20)/t18-/m1/s1. The van der Waals surface area contributed by atoms with E-state index in [2.05, 4.69) is 63.6 Å². The molecule has 1 atom stereocenters. The largest absolute Gasteiger partial charge is 0.348 e. The van der Waals surface area contributed by atoms with E-state index in [1.54, 1.807) is 0 Å². The maximum absolute atomic E-state index is 4.62. The summed E-state index contributed by atoms with van der Waals surface area (Å²) in [7, 11) is 0. The normalized spacial score (nSPS) is 18.3. The molecule has 0 bridgehead atoms. The van der Waals surface area contributed by atoms with Crippen molar-refractivity contribution in [2.45, 2.75) is 25.9 Å². The lowest BCUT2D eigenvalue weighted by molar-refractivity contribution is 0.202. The SMILES string of the molecule is Cc1ccccc1CN1CCc2[nH]cnc2[C@H]1c1cccs1. The molecule has 22 heavy (non-hydrogen) atoms. The number of fused-ring (bicyclic) bond motifs is 1. The van der Waals surface area contributed by atoms with Crippen LogP contribution in [0, 0.1) is 6.92 Å². The molecule has 1 aromatic carbocycles. The third kappa shape index (κ3) is 2.38. The second kappa shape index (κ2) is 5.71. The number of nitrogens with one attached hydrogen (secondary N) is 1. The van der Waals surface area contributed by atoms with Gasteiger partial charge in [0.1, 0.15) is 0 Å². The first-order valence-corrected chi connectivity index (χ1v) is 8.55. The second-order valence-corrected chi connectivity index (χ2v) is 6.81. The average Bonchev–Trinajstić information content (AvgIpc) is 3.20. The molecular weight excluding hydrogens is 290 g/mol. The van der Waals surface area contributed by atoms with Gasteiger partial charge in [-0.25, -0.2) is 4.98 Å². The smallest absolute Gasteiger partial charge is 0.0926 e. The zero-order valence-corrected chi connectivity index (χ0v) is 13.4. The number of rotatable bonds is 3. The van der Waals surface area contributed by atoms with E-state index >= 15 is 0 Å². The van der Waals surface area contributed by atoms with Crippen LogP contribution in [0.5, 0.6) is 0 Å². The number of hydrogen-bond acceptors (Lipinski definition) is 3. The molecule has 0 radical (unpaired) electrons. The minimum absolute atomic E-state index is 0.273. The van der Waals surface area contributed by atoms with E-state index in [-0.39, 0.29) is 6.04 Å². The van der Waals surface area contributed by atoms with Crippen LogP contribution in [0.3, 0.4) is 0 Å². The quantitative estimate of drug-likeness (QED) is 0.795. The fourth-order valence-electron chi connectivity index (χ4n) is 3.26. The predicted molar refractivity (Wildman–Crippen MR) is 90.0 cm³/mol. The summed E-state index contributed by atoms with van der Waals surface area (Å²) in [6.07, 6.45) is 2.88. The molecule has 0 unspecified atom stereocenters. The van der Waals surface area contributed by atoms with Crippen LogP contribution in [0.2, 0.25) is 0 Å². The first-order valence-electron chi connectivity index (χ1n) is 7.67. The molecule has 4 rings (SSSR count). The number of imidazole rings is 1. The molecule has 1 aliphatic rings. The van der Waals surface area contributed by atoms with Crippen LogP contribution in [-0.4, -0.2) is 21.4 Å². The average molecular weight is 309 g/mol. The van der Waals surface area contributed by atoms with Crippen LogP contribution in [-0.2, 0) is 13.0 Å². The Morgan fingerprint density at radius 1 is 1.27 bits per heavy atom. The first-order chi connectivity index (χ1) is 10.8. The number of aromatic amines is 1. The Bertz CT molecular complexity index is 760. The summed E-state index contributed by atoms with van der Waals surface area (Å²) in [5.41, 5.74) is 5.25. The van der Waals surface area contributed by atoms with Gasteiger partial charge in [-0.2, -0.15) is 0 Å². The number of aryl methyl sites for hydroxylation is 1. The summed E-state index contributed by atoms with van der Waals surface area (Å²) >= 11 is 1.82. The van der Waals surface area contributed by atoms with Gasteiger partial charge in [0.05, 0.1) is 18.1 Å². The summed E-state index contributed by atoms with van der Waals surface area (Å²) < 4.78 is 0. The van der Waals surface area contributed by atoms with E-state index in [1.165, 1.54) is 27.4 Å². The molecule has 1 aliphatic heterocycles. The van der Waals surface area contributed by atoms with Gasteiger partial charge in [0.2, 0.25) is 0 Å². The highest BCUT2D eigenvalue weighted by Gasteiger charge is 2.31. The lowest BCUT2D eigenvalue weighted by Gasteiger charge is -2.34. The molecule has 112 valence electrons. The maximum Gasteiger partial charge on any atom is 0.0926 e. The van der Waals surface area contributed by atoms with E-state index in [9.17, 15) is 0 Å². The molecule has 3 nitrogen and oxygen atoms in total. The fourth-order valence-corrected chi connectivity index (χ4v) is 4.12. The Hall–Kier alpha value is -1.91. The minimum atomic E-state index is 0.273. The third-order valence-electron chi connectivity index (χ3n) is 4.47. The number of aromatic nitrogens is 2. The molecule has 0 amide bonds. The Morgan fingerprint density at radius 2 is 2.18 bits per heavy atom. The second-order valence-electron chi connectivity index (χ2n) is 5.83. The van der Waals surface area contributed by atoms with Crippen molar-refractivity contribution in [3.05, 3.63) is 75.5 Å². The minimum Gasteiger partial charge on any atom is -0.348 e. The van der Waals surface area contributed by atoms with Gasteiger partial charge >= 0.3 is 0 Å². The number of thiophene rings is 1. The van der Waals surface area contributed by atoms with E-state index in [1.807, 2.05) is 17.7 Å². The van der Waals surface area contributed by atoms with Crippen molar-refractivity contribution in [3.8, 4) is 0 Å². The molecule has 0 aliphatic carbocycles. The van der Waals surface area contributed by atoms with E-state index in [0.29, 0.717) is 0 Å². The van der Waals surface area contributed by atoms with Crippen LogP contribution in [0.4, 0.5) is 0 Å². The van der Waals surface area contributed by atoms with E-state index < -0.39 is 0 Å². The highest BCUT2D eigenvalue weighted by molar-refractivity contribution is 7.10. The van der Waals surface area contributed by atoms with Gasteiger partial charge < -0.3 is 4.98 Å². The Balaban J connectivity index is 1.71. The summed E-state index contributed by atoms with van der Waals surface area (Å²) in [5, 5.41) is 2.15. The number of H-pyrrole nitrogens is 1. The summed E-state index contributed by atoms with van der Waals surface area (Å²) in [4.78, 5) is 11.9. The van der Waals surface area contributed by atoms with Crippen LogP contribution >= 0.6 is 11.3 Å². The summed E-state index contributed by atoms with van der Waals surface area (Å²) in [6.45, 7) is 4.23. The Labute approximate surface area is 134 Å². The number of nitrogens with zero attached hydrogens (tertiary/aromatic N) is 2. The van der Waals surface area contributed by atoms with Gasteiger partial charge in [-0.3, -0.25) is 4.90 Å². The molecular formula is C18H19N3S. The van der Waals surface area contributed by atoms with Gasteiger partial charge in [0, 0.05) is 30.1 Å². The van der Waals surface area contributed by atoms with Gasteiger partial charge in [0.25, 0.3) is 0 Å². The summed E-state index contributed by atoms with van der Waals surface area (Å²) in [6, 6.07) is 13.3. The third-order valence-corrected chi connectivity index (χ3v) is 5.40. The highest BCUT2D eigenvalue weighted by atomic mass is 32.1. The molecule has 3 heterocycles. The van der Waals surface area contributed by atoms with E-state index in [0.717, 1.165) is 19.5 Å². The molecule has 0 saturated heterocycles. The van der Waals surface area contributed by atoms with Crippen molar-refractivity contribution in [2.24, 2.45) is 0 Å². The molecule has 0 fully saturated rings. The topological polar surface area (TPSA) is 31.9 Å². The van der Waals surface area contributed by atoms with Gasteiger partial charge in [-0.15, -0.1) is 11.3 Å². The maximum atomic E-state index is 4.62. The van der Waals surface area contributed by atoms with Crippen molar-refractivity contribution in [2.75, 3.05) is 6.54 Å². The van der Waals surface area contributed by atoms with Crippen molar-refractivity contribution < 1.29 is 0 Å². The molecule has 4 heteroatoms.